The molecule has 0 aliphatic carbocycles. The van der Waals surface area contributed by atoms with Gasteiger partial charge in [0.2, 0.25) is 5.91 Å². The van der Waals surface area contributed by atoms with Gasteiger partial charge in [0.25, 0.3) is 0 Å². The monoisotopic (exact) mass is 249 g/mol. The number of rotatable bonds is 5. The Bertz CT molecular complexity index is 480. The van der Waals surface area contributed by atoms with Crippen molar-refractivity contribution in [2.75, 3.05) is 13.7 Å². The van der Waals surface area contributed by atoms with Crippen LogP contribution in [0.4, 0.5) is 0 Å². The summed E-state index contributed by atoms with van der Waals surface area (Å²) in [6, 6.07) is 4.62. The zero-order valence-electron chi connectivity index (χ0n) is 10.3. The Labute approximate surface area is 105 Å². The molecule has 0 bridgehead atoms. The molecule has 96 valence electrons. The number of benzene rings is 1. The van der Waals surface area contributed by atoms with E-state index in [-0.39, 0.29) is 11.5 Å². The van der Waals surface area contributed by atoms with Gasteiger partial charge in [-0.2, -0.15) is 0 Å². The fourth-order valence-corrected chi connectivity index (χ4v) is 1.37. The summed E-state index contributed by atoms with van der Waals surface area (Å²) in [7, 11) is 1.48. The summed E-state index contributed by atoms with van der Waals surface area (Å²) < 4.78 is 5.11. The van der Waals surface area contributed by atoms with Crippen molar-refractivity contribution < 1.29 is 19.4 Å². The average molecular weight is 249 g/mol. The van der Waals surface area contributed by atoms with Crippen LogP contribution in [-0.4, -0.2) is 30.6 Å². The highest BCUT2D eigenvalue weighted by Crippen LogP contribution is 2.21. The van der Waals surface area contributed by atoms with Crippen LogP contribution in [0.2, 0.25) is 0 Å². The van der Waals surface area contributed by atoms with E-state index < -0.39 is 5.97 Å². The molecule has 0 atom stereocenters. The minimum Gasteiger partial charge on any atom is -0.496 e. The Morgan fingerprint density at radius 3 is 2.72 bits per heavy atom. The van der Waals surface area contributed by atoms with Gasteiger partial charge in [-0.05, 0) is 12.1 Å². The molecule has 0 fully saturated rings. The Morgan fingerprint density at radius 1 is 1.44 bits per heavy atom. The van der Waals surface area contributed by atoms with Gasteiger partial charge < -0.3 is 15.2 Å². The Balaban J connectivity index is 2.82. The second kappa shape index (κ2) is 6.44. The molecule has 0 heterocycles. The van der Waals surface area contributed by atoms with Crippen molar-refractivity contribution in [3.05, 3.63) is 35.4 Å². The highest BCUT2D eigenvalue weighted by molar-refractivity contribution is 5.88. The van der Waals surface area contributed by atoms with E-state index in [0.29, 0.717) is 12.3 Å². The third kappa shape index (κ3) is 3.93. The van der Waals surface area contributed by atoms with E-state index in [1.165, 1.54) is 26.2 Å². The maximum absolute atomic E-state index is 10.8. The van der Waals surface area contributed by atoms with Crippen LogP contribution < -0.4 is 10.1 Å². The van der Waals surface area contributed by atoms with E-state index in [1.54, 1.807) is 18.2 Å². The summed E-state index contributed by atoms with van der Waals surface area (Å²) in [4.78, 5) is 21.5. The number of hydrogen-bond donors (Lipinski definition) is 2. The molecule has 0 aliphatic heterocycles. The first kappa shape index (κ1) is 13.8. The van der Waals surface area contributed by atoms with Gasteiger partial charge in [0.05, 0.1) is 12.7 Å². The van der Waals surface area contributed by atoms with E-state index in [9.17, 15) is 9.59 Å². The van der Waals surface area contributed by atoms with E-state index in [2.05, 4.69) is 5.32 Å². The minimum atomic E-state index is -0.998. The maximum atomic E-state index is 10.8. The number of aromatic carboxylic acids is 1. The standard InChI is InChI=1S/C13H15NO4/c1-9(15)14-7-3-4-10-5-6-11(13(16)17)8-12(10)18-2/h3-6,8H,7H2,1-2H3,(H,14,15)(H,16,17). The van der Waals surface area contributed by atoms with Crippen molar-refractivity contribution in [1.82, 2.24) is 5.32 Å². The molecule has 2 N–H and O–H groups in total. The topological polar surface area (TPSA) is 75.6 Å². The van der Waals surface area contributed by atoms with Crippen LogP contribution in [-0.2, 0) is 4.79 Å². The molecule has 1 aromatic carbocycles. The number of nitrogens with one attached hydrogen (secondary N) is 1. The molecule has 0 saturated carbocycles. The summed E-state index contributed by atoms with van der Waals surface area (Å²) in [5.74, 6) is -0.621. The second-order valence-corrected chi connectivity index (χ2v) is 3.60. The predicted octanol–water partition coefficient (Wildman–Crippen LogP) is 1.54. The number of carbonyl (C=O) groups excluding carboxylic acids is 1. The predicted molar refractivity (Wildman–Crippen MR) is 67.7 cm³/mol. The smallest absolute Gasteiger partial charge is 0.335 e. The fourth-order valence-electron chi connectivity index (χ4n) is 1.37. The lowest BCUT2D eigenvalue weighted by atomic mass is 10.1. The molecular weight excluding hydrogens is 234 g/mol. The number of methoxy groups -OCH3 is 1. The molecule has 5 heteroatoms. The van der Waals surface area contributed by atoms with Crippen molar-refractivity contribution in [2.45, 2.75) is 6.92 Å². The molecule has 0 aromatic heterocycles. The molecule has 0 aliphatic rings. The molecule has 0 saturated heterocycles. The normalized spacial score (nSPS) is 10.3. The number of carbonyl (C=O) groups is 2. The van der Waals surface area contributed by atoms with Crippen LogP contribution >= 0.6 is 0 Å². The second-order valence-electron chi connectivity index (χ2n) is 3.60. The first-order valence-electron chi connectivity index (χ1n) is 5.37. The molecule has 0 unspecified atom stereocenters. The van der Waals surface area contributed by atoms with Gasteiger partial charge in [-0.15, -0.1) is 0 Å². The molecule has 5 nitrogen and oxygen atoms in total. The minimum absolute atomic E-state index is 0.104. The van der Waals surface area contributed by atoms with Gasteiger partial charge in [-0.1, -0.05) is 18.2 Å². The number of hydrogen-bond acceptors (Lipinski definition) is 3. The summed E-state index contributed by atoms with van der Waals surface area (Å²) in [5, 5.41) is 11.5. The van der Waals surface area contributed by atoms with Gasteiger partial charge in [-0.3, -0.25) is 4.79 Å². The zero-order valence-corrected chi connectivity index (χ0v) is 10.3. The lowest BCUT2D eigenvalue weighted by molar-refractivity contribution is -0.118. The van der Waals surface area contributed by atoms with Gasteiger partial charge >= 0.3 is 5.97 Å². The number of carboxylic acid groups (broad SMARTS) is 1. The molecule has 18 heavy (non-hydrogen) atoms. The molecule has 1 aromatic rings. The van der Waals surface area contributed by atoms with Crippen molar-refractivity contribution in [3.63, 3.8) is 0 Å². The van der Waals surface area contributed by atoms with Gasteiger partial charge in [-0.25, -0.2) is 4.79 Å². The van der Waals surface area contributed by atoms with Crippen LogP contribution in [0.1, 0.15) is 22.8 Å². The fraction of sp³-hybridized carbons (Fsp3) is 0.231. The van der Waals surface area contributed by atoms with Crippen molar-refractivity contribution in [2.24, 2.45) is 0 Å². The summed E-state index contributed by atoms with van der Waals surface area (Å²) >= 11 is 0. The van der Waals surface area contributed by atoms with E-state index in [1.807, 2.05) is 0 Å². The van der Waals surface area contributed by atoms with E-state index in [4.69, 9.17) is 9.84 Å². The van der Waals surface area contributed by atoms with Crippen LogP contribution in [0.25, 0.3) is 6.08 Å². The van der Waals surface area contributed by atoms with Crippen LogP contribution in [0.5, 0.6) is 5.75 Å². The SMILES string of the molecule is COc1cc(C(=O)O)ccc1C=CCNC(C)=O. The van der Waals surface area contributed by atoms with E-state index in [0.717, 1.165) is 5.56 Å². The zero-order chi connectivity index (χ0) is 13.5. The Hall–Kier alpha value is -2.30. The summed E-state index contributed by atoms with van der Waals surface area (Å²) in [6.45, 7) is 1.86. The molecule has 1 amide bonds. The number of carboxylic acids is 1. The van der Waals surface area contributed by atoms with Gasteiger partial charge in [0.15, 0.2) is 0 Å². The largest absolute Gasteiger partial charge is 0.496 e. The maximum Gasteiger partial charge on any atom is 0.335 e. The van der Waals surface area contributed by atoms with Crippen LogP contribution in [0.15, 0.2) is 24.3 Å². The third-order valence-corrected chi connectivity index (χ3v) is 2.25. The number of ether oxygens (including phenoxy) is 1. The van der Waals surface area contributed by atoms with E-state index >= 15 is 0 Å². The molecule has 1 rings (SSSR count). The van der Waals surface area contributed by atoms with Crippen molar-refractivity contribution >= 4 is 18.0 Å². The van der Waals surface area contributed by atoms with Gasteiger partial charge in [0.1, 0.15) is 5.75 Å². The first-order chi connectivity index (χ1) is 8.54. The van der Waals surface area contributed by atoms with Crippen LogP contribution in [0, 0.1) is 0 Å². The Kier molecular flexibility index (Phi) is 4.92. The third-order valence-electron chi connectivity index (χ3n) is 2.25. The number of amides is 1. The quantitative estimate of drug-likeness (QED) is 0.830. The first-order valence-corrected chi connectivity index (χ1v) is 5.37. The lowest BCUT2D eigenvalue weighted by Crippen LogP contribution is -2.19. The molecular formula is C13H15NO4. The van der Waals surface area contributed by atoms with Crippen molar-refractivity contribution in [3.8, 4) is 5.75 Å². The van der Waals surface area contributed by atoms with Crippen LogP contribution in [0.3, 0.4) is 0 Å². The molecule has 0 spiro atoms. The van der Waals surface area contributed by atoms with Crippen molar-refractivity contribution in [1.29, 1.82) is 0 Å². The summed E-state index contributed by atoms with van der Waals surface area (Å²) in [6.07, 6.45) is 3.53. The summed E-state index contributed by atoms with van der Waals surface area (Å²) in [5.41, 5.74) is 0.929. The highest BCUT2D eigenvalue weighted by Gasteiger charge is 2.06. The average Bonchev–Trinajstić information content (AvgIpc) is 2.34. The highest BCUT2D eigenvalue weighted by atomic mass is 16.5. The van der Waals surface area contributed by atoms with Gasteiger partial charge in [0, 0.05) is 19.0 Å². The lowest BCUT2D eigenvalue weighted by Gasteiger charge is -2.06. The Morgan fingerprint density at radius 2 is 2.17 bits per heavy atom. The molecule has 0 radical (unpaired) electrons.